The number of likely N-dealkylation sites (tertiary alicyclic amines) is 1. The second-order valence-electron chi connectivity index (χ2n) is 10.8. The topological polar surface area (TPSA) is 97.8 Å². The molecule has 0 amide bonds. The van der Waals surface area contributed by atoms with E-state index in [1.54, 1.807) is 4.68 Å². The molecule has 3 N–H and O–H groups in total. The van der Waals surface area contributed by atoms with Crippen molar-refractivity contribution in [2.45, 2.75) is 63.8 Å². The lowest BCUT2D eigenvalue weighted by Crippen LogP contribution is -2.32. The molecule has 0 radical (unpaired) electrons. The van der Waals surface area contributed by atoms with Crippen molar-refractivity contribution in [3.8, 4) is 17.1 Å². The van der Waals surface area contributed by atoms with Gasteiger partial charge in [0.15, 0.2) is 5.82 Å². The van der Waals surface area contributed by atoms with E-state index in [1.165, 1.54) is 66.6 Å². The highest BCUT2D eigenvalue weighted by atomic mass is 15.5. The zero-order valence-electron chi connectivity index (χ0n) is 21.7. The summed E-state index contributed by atoms with van der Waals surface area (Å²) in [5, 5.41) is 17.3. The Balaban J connectivity index is 1.19. The zero-order valence-corrected chi connectivity index (χ0v) is 21.7. The first-order valence-corrected chi connectivity index (χ1v) is 14.0. The first kappa shape index (κ1) is 23.3. The number of nitrogens with zero attached hydrogens (tertiary/aromatic N) is 6. The van der Waals surface area contributed by atoms with Gasteiger partial charge in [0.25, 0.3) is 0 Å². The van der Waals surface area contributed by atoms with Gasteiger partial charge in [0, 0.05) is 17.3 Å². The first-order chi connectivity index (χ1) is 18.7. The maximum Gasteiger partial charge on any atom is 0.241 e. The summed E-state index contributed by atoms with van der Waals surface area (Å²) in [6.45, 7) is 2.50. The predicted molar refractivity (Wildman–Crippen MR) is 150 cm³/mol. The number of nitrogen functional groups attached to an aromatic ring is 1. The van der Waals surface area contributed by atoms with Gasteiger partial charge in [0.05, 0.1) is 5.69 Å². The van der Waals surface area contributed by atoms with Gasteiger partial charge in [0.1, 0.15) is 0 Å². The molecular formula is C30H34N8. The molecule has 8 nitrogen and oxygen atoms in total. The zero-order chi connectivity index (χ0) is 25.5. The minimum atomic E-state index is 0.214. The summed E-state index contributed by atoms with van der Waals surface area (Å²) >= 11 is 0. The van der Waals surface area contributed by atoms with Crippen LogP contribution in [0, 0.1) is 0 Å². The van der Waals surface area contributed by atoms with E-state index in [1.807, 2.05) is 0 Å². The summed E-state index contributed by atoms with van der Waals surface area (Å²) in [6.07, 6.45) is 10.3. The first-order valence-electron chi connectivity index (χ1n) is 14.0. The molecule has 1 atom stereocenters. The van der Waals surface area contributed by atoms with Gasteiger partial charge in [-0.2, -0.15) is 9.67 Å². The molecule has 3 aliphatic rings. The third kappa shape index (κ3) is 4.32. The molecule has 3 heterocycles. The highest BCUT2D eigenvalue weighted by molar-refractivity contribution is 5.68. The van der Waals surface area contributed by atoms with Crippen LogP contribution in [0.3, 0.4) is 0 Å². The molecule has 38 heavy (non-hydrogen) atoms. The molecule has 8 heteroatoms. The van der Waals surface area contributed by atoms with Crippen LogP contribution in [0.5, 0.6) is 0 Å². The average molecular weight is 507 g/mol. The third-order valence-corrected chi connectivity index (χ3v) is 8.52. The van der Waals surface area contributed by atoms with Crippen molar-refractivity contribution in [2.24, 2.45) is 0 Å². The molecule has 0 bridgehead atoms. The maximum atomic E-state index is 6.11. The number of hydrogen-bond acceptors (Lipinski definition) is 7. The van der Waals surface area contributed by atoms with E-state index in [0.29, 0.717) is 17.8 Å². The minimum Gasteiger partial charge on any atom is -0.366 e. The highest BCUT2D eigenvalue weighted by Crippen LogP contribution is 2.34. The Labute approximate surface area is 223 Å². The number of hydrogen-bond donors (Lipinski definition) is 2. The summed E-state index contributed by atoms with van der Waals surface area (Å²) in [5.74, 6) is 1.41. The van der Waals surface area contributed by atoms with E-state index in [4.69, 9.17) is 5.73 Å². The molecule has 1 fully saturated rings. The largest absolute Gasteiger partial charge is 0.366 e. The van der Waals surface area contributed by atoms with E-state index in [9.17, 15) is 0 Å². The van der Waals surface area contributed by atoms with Crippen molar-refractivity contribution < 1.29 is 0 Å². The molecule has 2 aromatic heterocycles. The molecular weight excluding hydrogens is 472 g/mol. The van der Waals surface area contributed by atoms with Crippen molar-refractivity contribution >= 4 is 17.6 Å². The lowest BCUT2D eigenvalue weighted by Gasteiger charge is -2.26. The number of nitrogens with one attached hydrogen (secondary N) is 1. The van der Waals surface area contributed by atoms with Gasteiger partial charge in [-0.25, -0.2) is 0 Å². The second-order valence-corrected chi connectivity index (χ2v) is 10.8. The Bertz CT molecular complexity index is 1470. The molecule has 7 rings (SSSR count). The molecule has 1 aliphatic heterocycles. The fraction of sp³-hybridized carbons (Fsp3) is 0.400. The van der Waals surface area contributed by atoms with Crippen LogP contribution < -0.4 is 11.1 Å². The van der Waals surface area contributed by atoms with Crippen LogP contribution in [0.15, 0.2) is 48.5 Å². The monoisotopic (exact) mass is 506 g/mol. The Morgan fingerprint density at radius 2 is 1.63 bits per heavy atom. The van der Waals surface area contributed by atoms with Gasteiger partial charge >= 0.3 is 0 Å². The third-order valence-electron chi connectivity index (χ3n) is 8.52. The lowest BCUT2D eigenvalue weighted by atomic mass is 10.0. The van der Waals surface area contributed by atoms with Crippen LogP contribution in [0.2, 0.25) is 0 Å². The summed E-state index contributed by atoms with van der Waals surface area (Å²) in [5.41, 5.74) is 14.7. The fourth-order valence-electron chi connectivity index (χ4n) is 6.60. The van der Waals surface area contributed by atoms with Gasteiger partial charge in [-0.05, 0) is 105 Å². The van der Waals surface area contributed by atoms with E-state index in [2.05, 4.69) is 79.0 Å². The smallest absolute Gasteiger partial charge is 0.241 e. The summed E-state index contributed by atoms with van der Waals surface area (Å²) in [7, 11) is 0. The SMILES string of the molecule is Nc1nc(Nc2cccc3c2CCC(N2CCCC2)CC3)n(-c2cc3c(nn2)-c2ccccc2CCC3)n1. The highest BCUT2D eigenvalue weighted by Gasteiger charge is 2.26. The second kappa shape index (κ2) is 9.83. The van der Waals surface area contributed by atoms with Crippen LogP contribution >= 0.6 is 0 Å². The van der Waals surface area contributed by atoms with Gasteiger partial charge in [0.2, 0.25) is 11.9 Å². The van der Waals surface area contributed by atoms with Gasteiger partial charge < -0.3 is 16.0 Å². The quantitative estimate of drug-likeness (QED) is 0.381. The van der Waals surface area contributed by atoms with Crippen molar-refractivity contribution in [1.82, 2.24) is 29.9 Å². The molecule has 1 saturated heterocycles. The Morgan fingerprint density at radius 1 is 0.816 bits per heavy atom. The standard InChI is InChI=1S/C30H34N8/c31-29-33-30(32-26-12-6-9-21-13-14-23(15-16-24(21)26)37-17-3-4-18-37)38(36-29)27-19-22-10-5-8-20-7-1-2-11-25(20)28(22)35-34-27/h1-2,6-7,9,11-12,19,23H,3-5,8,10,13-18H2,(H3,31,32,33,36). The number of benzene rings is 2. The fourth-order valence-corrected chi connectivity index (χ4v) is 6.60. The van der Waals surface area contributed by atoms with Crippen molar-refractivity contribution in [3.05, 3.63) is 70.8 Å². The minimum absolute atomic E-state index is 0.214. The van der Waals surface area contributed by atoms with E-state index in [-0.39, 0.29) is 5.95 Å². The van der Waals surface area contributed by atoms with Crippen LogP contribution in [-0.2, 0) is 25.7 Å². The molecule has 0 saturated carbocycles. The number of aromatic nitrogens is 5. The van der Waals surface area contributed by atoms with Crippen LogP contribution in [0.4, 0.5) is 17.6 Å². The molecule has 194 valence electrons. The average Bonchev–Trinajstić information content (AvgIpc) is 3.49. The maximum absolute atomic E-state index is 6.11. The predicted octanol–water partition coefficient (Wildman–Crippen LogP) is 4.88. The van der Waals surface area contributed by atoms with E-state index in [0.717, 1.165) is 43.5 Å². The van der Waals surface area contributed by atoms with Crippen molar-refractivity contribution in [2.75, 3.05) is 24.1 Å². The molecule has 1 unspecified atom stereocenters. The summed E-state index contributed by atoms with van der Waals surface area (Å²) < 4.78 is 1.70. The Hall–Kier alpha value is -3.78. The Morgan fingerprint density at radius 3 is 2.55 bits per heavy atom. The lowest BCUT2D eigenvalue weighted by molar-refractivity contribution is 0.222. The molecule has 4 aromatic rings. The number of aryl methyl sites for hydroxylation is 3. The van der Waals surface area contributed by atoms with Gasteiger partial charge in [-0.1, -0.05) is 36.4 Å². The molecule has 2 aromatic carbocycles. The van der Waals surface area contributed by atoms with Crippen molar-refractivity contribution in [1.29, 1.82) is 0 Å². The van der Waals surface area contributed by atoms with Gasteiger partial charge in [-0.3, -0.25) is 0 Å². The number of anilines is 3. The van der Waals surface area contributed by atoms with E-state index >= 15 is 0 Å². The van der Waals surface area contributed by atoms with Crippen molar-refractivity contribution in [3.63, 3.8) is 0 Å². The van der Waals surface area contributed by atoms with Crippen LogP contribution in [0.25, 0.3) is 17.1 Å². The Kier molecular flexibility index (Phi) is 6.04. The number of rotatable bonds is 4. The van der Waals surface area contributed by atoms with E-state index < -0.39 is 0 Å². The van der Waals surface area contributed by atoms with Gasteiger partial charge in [-0.15, -0.1) is 15.3 Å². The number of fused-ring (bicyclic) bond motifs is 4. The molecule has 2 aliphatic carbocycles. The van der Waals surface area contributed by atoms with Crippen LogP contribution in [0.1, 0.15) is 54.4 Å². The van der Waals surface area contributed by atoms with Crippen LogP contribution in [-0.4, -0.2) is 49.0 Å². The summed E-state index contributed by atoms with van der Waals surface area (Å²) in [6, 6.07) is 17.8. The summed E-state index contributed by atoms with van der Waals surface area (Å²) in [4.78, 5) is 7.24. The molecule has 0 spiro atoms. The number of nitrogens with two attached hydrogens (primary N) is 1. The normalized spacial score (nSPS) is 19.2.